The molecule has 100 valence electrons. The first kappa shape index (κ1) is 14.4. The average Bonchev–Trinajstić information content (AvgIpc) is 2.30. The Morgan fingerprint density at radius 2 is 2.17 bits per heavy atom. The van der Waals surface area contributed by atoms with Crippen molar-refractivity contribution in [1.82, 2.24) is 0 Å². The van der Waals surface area contributed by atoms with Crippen molar-refractivity contribution >= 4 is 5.69 Å². The molecule has 5 nitrogen and oxygen atoms in total. The summed E-state index contributed by atoms with van der Waals surface area (Å²) in [6.45, 7) is 3.35. The number of nitro benzene ring substituents is 1. The summed E-state index contributed by atoms with van der Waals surface area (Å²) >= 11 is 0. The van der Waals surface area contributed by atoms with Crippen molar-refractivity contribution in [1.29, 1.82) is 0 Å². The topological polar surface area (TPSA) is 72.6 Å². The fraction of sp³-hybridized carbons (Fsp3) is 0.500. The highest BCUT2D eigenvalue weighted by Gasteiger charge is 2.27. The third-order valence-corrected chi connectivity index (χ3v) is 2.92. The van der Waals surface area contributed by atoms with Crippen molar-refractivity contribution in [2.75, 3.05) is 7.11 Å². The highest BCUT2D eigenvalue weighted by molar-refractivity contribution is 5.48. The second-order valence-corrected chi connectivity index (χ2v) is 4.06. The van der Waals surface area contributed by atoms with Gasteiger partial charge in [0.25, 0.3) is 5.69 Å². The Balaban J connectivity index is 3.42. The second-order valence-electron chi connectivity index (χ2n) is 4.06. The molecule has 0 fully saturated rings. The SMILES string of the molecule is CCC(c1cc(OC)c(F)cc1[N+](=O)[O-])C(C)O. The van der Waals surface area contributed by atoms with Gasteiger partial charge in [0.2, 0.25) is 0 Å². The molecule has 0 saturated carbocycles. The number of aliphatic hydroxyl groups excluding tert-OH is 1. The molecule has 0 aliphatic carbocycles. The predicted molar refractivity (Wildman–Crippen MR) is 64.3 cm³/mol. The van der Waals surface area contributed by atoms with Crippen LogP contribution in [0.4, 0.5) is 10.1 Å². The van der Waals surface area contributed by atoms with Gasteiger partial charge in [-0.1, -0.05) is 6.92 Å². The lowest BCUT2D eigenvalue weighted by Crippen LogP contribution is -2.15. The van der Waals surface area contributed by atoms with Crippen molar-refractivity contribution in [2.45, 2.75) is 32.3 Å². The lowest BCUT2D eigenvalue weighted by molar-refractivity contribution is -0.386. The minimum absolute atomic E-state index is 0.0605. The zero-order valence-electron chi connectivity index (χ0n) is 10.5. The van der Waals surface area contributed by atoms with E-state index in [1.165, 1.54) is 13.2 Å². The van der Waals surface area contributed by atoms with Gasteiger partial charge in [-0.3, -0.25) is 10.1 Å². The van der Waals surface area contributed by atoms with E-state index in [9.17, 15) is 19.6 Å². The minimum atomic E-state index is -0.784. The third kappa shape index (κ3) is 2.76. The van der Waals surface area contributed by atoms with Crippen molar-refractivity contribution in [3.8, 4) is 5.75 Å². The molecule has 1 aromatic carbocycles. The maximum Gasteiger partial charge on any atom is 0.276 e. The first-order valence-corrected chi connectivity index (χ1v) is 5.62. The van der Waals surface area contributed by atoms with E-state index in [-0.39, 0.29) is 17.0 Å². The summed E-state index contributed by atoms with van der Waals surface area (Å²) in [7, 11) is 1.29. The number of benzene rings is 1. The first-order chi connectivity index (χ1) is 8.42. The molecule has 0 bridgehead atoms. The fourth-order valence-corrected chi connectivity index (χ4v) is 1.99. The van der Waals surface area contributed by atoms with Crippen LogP contribution in [0.5, 0.6) is 5.75 Å². The summed E-state index contributed by atoms with van der Waals surface area (Å²) in [5.74, 6) is -1.28. The van der Waals surface area contributed by atoms with E-state index in [2.05, 4.69) is 0 Å². The molecule has 2 unspecified atom stereocenters. The number of ether oxygens (including phenoxy) is 1. The standard InChI is InChI=1S/C12H16FNO4/c1-4-8(7(2)15)9-5-12(18-3)10(13)6-11(9)14(16)17/h5-8,15H,4H2,1-3H3. The third-order valence-electron chi connectivity index (χ3n) is 2.92. The molecule has 0 spiro atoms. The van der Waals surface area contributed by atoms with Crippen LogP contribution in [-0.2, 0) is 0 Å². The molecule has 0 aliphatic heterocycles. The molecule has 1 rings (SSSR count). The molecular weight excluding hydrogens is 241 g/mol. The van der Waals surface area contributed by atoms with E-state index in [0.717, 1.165) is 6.07 Å². The number of aliphatic hydroxyl groups is 1. The van der Waals surface area contributed by atoms with Gasteiger partial charge in [0.05, 0.1) is 24.2 Å². The van der Waals surface area contributed by atoms with Gasteiger partial charge in [0.15, 0.2) is 11.6 Å². The molecule has 0 saturated heterocycles. The van der Waals surface area contributed by atoms with E-state index < -0.39 is 22.8 Å². The second kappa shape index (κ2) is 5.77. The molecule has 0 amide bonds. The molecule has 1 aromatic rings. The summed E-state index contributed by atoms with van der Waals surface area (Å²) in [5.41, 5.74) is -0.0446. The van der Waals surface area contributed by atoms with Crippen LogP contribution in [0.3, 0.4) is 0 Å². The Morgan fingerprint density at radius 1 is 1.56 bits per heavy atom. The van der Waals surface area contributed by atoms with Gasteiger partial charge >= 0.3 is 0 Å². The van der Waals surface area contributed by atoms with Gasteiger partial charge in [-0.25, -0.2) is 4.39 Å². The van der Waals surface area contributed by atoms with Crippen LogP contribution in [0.25, 0.3) is 0 Å². The minimum Gasteiger partial charge on any atom is -0.494 e. The van der Waals surface area contributed by atoms with Gasteiger partial charge in [-0.15, -0.1) is 0 Å². The lowest BCUT2D eigenvalue weighted by Gasteiger charge is -2.19. The number of halogens is 1. The molecule has 0 heterocycles. The molecule has 6 heteroatoms. The molecule has 0 aliphatic rings. The highest BCUT2D eigenvalue weighted by atomic mass is 19.1. The molecule has 0 aromatic heterocycles. The summed E-state index contributed by atoms with van der Waals surface area (Å²) in [6, 6.07) is 2.12. The van der Waals surface area contributed by atoms with E-state index in [0.29, 0.717) is 6.42 Å². The van der Waals surface area contributed by atoms with Crippen molar-refractivity contribution in [3.63, 3.8) is 0 Å². The highest BCUT2D eigenvalue weighted by Crippen LogP contribution is 2.35. The first-order valence-electron chi connectivity index (χ1n) is 5.62. The molecule has 18 heavy (non-hydrogen) atoms. The Hall–Kier alpha value is -1.69. The normalized spacial score (nSPS) is 14.1. The smallest absolute Gasteiger partial charge is 0.276 e. The van der Waals surface area contributed by atoms with Crippen molar-refractivity contribution in [2.24, 2.45) is 0 Å². The number of methoxy groups -OCH3 is 1. The summed E-state index contributed by atoms with van der Waals surface area (Å²) in [6.07, 6.45) is -0.253. The quantitative estimate of drug-likeness (QED) is 0.650. The maximum absolute atomic E-state index is 13.5. The summed E-state index contributed by atoms with van der Waals surface area (Å²) in [5, 5.41) is 20.6. The molecule has 0 radical (unpaired) electrons. The number of rotatable bonds is 5. The van der Waals surface area contributed by atoms with Crippen LogP contribution in [-0.4, -0.2) is 23.2 Å². The fourth-order valence-electron chi connectivity index (χ4n) is 1.99. The lowest BCUT2D eigenvalue weighted by atomic mass is 9.90. The van der Waals surface area contributed by atoms with Crippen molar-refractivity contribution < 1.29 is 19.2 Å². The molecule has 1 N–H and O–H groups in total. The Bertz CT molecular complexity index is 448. The van der Waals surface area contributed by atoms with E-state index >= 15 is 0 Å². The van der Waals surface area contributed by atoms with Crippen LogP contribution in [0, 0.1) is 15.9 Å². The monoisotopic (exact) mass is 257 g/mol. The number of nitrogens with zero attached hydrogens (tertiary/aromatic N) is 1. The summed E-state index contributed by atoms with van der Waals surface area (Å²) < 4.78 is 18.3. The van der Waals surface area contributed by atoms with Gasteiger partial charge in [-0.2, -0.15) is 0 Å². The number of nitro groups is 1. The number of hydrogen-bond donors (Lipinski definition) is 1. The van der Waals surface area contributed by atoms with E-state index in [4.69, 9.17) is 4.74 Å². The van der Waals surface area contributed by atoms with Gasteiger partial charge in [0.1, 0.15) is 0 Å². The van der Waals surface area contributed by atoms with Crippen molar-refractivity contribution in [3.05, 3.63) is 33.6 Å². The van der Waals surface area contributed by atoms with Gasteiger partial charge in [0, 0.05) is 11.5 Å². The van der Waals surface area contributed by atoms with E-state index in [1.54, 1.807) is 13.8 Å². The van der Waals surface area contributed by atoms with Crippen LogP contribution >= 0.6 is 0 Å². The zero-order valence-corrected chi connectivity index (χ0v) is 10.5. The predicted octanol–water partition coefficient (Wildman–Crippen LogP) is 2.62. The van der Waals surface area contributed by atoms with Gasteiger partial charge in [-0.05, 0) is 19.4 Å². The van der Waals surface area contributed by atoms with Gasteiger partial charge < -0.3 is 9.84 Å². The largest absolute Gasteiger partial charge is 0.494 e. The molecular formula is C12H16FNO4. The Labute approximate surface area is 104 Å². The van der Waals surface area contributed by atoms with Crippen LogP contribution in [0.15, 0.2) is 12.1 Å². The average molecular weight is 257 g/mol. The Kier molecular flexibility index (Phi) is 4.61. The molecule has 2 atom stereocenters. The summed E-state index contributed by atoms with van der Waals surface area (Å²) in [4.78, 5) is 10.3. The maximum atomic E-state index is 13.5. The van der Waals surface area contributed by atoms with Crippen LogP contribution in [0.1, 0.15) is 31.7 Å². The Morgan fingerprint density at radius 3 is 2.56 bits per heavy atom. The van der Waals surface area contributed by atoms with Crippen LogP contribution in [0.2, 0.25) is 0 Å². The van der Waals surface area contributed by atoms with Crippen LogP contribution < -0.4 is 4.74 Å². The number of hydrogen-bond acceptors (Lipinski definition) is 4. The van der Waals surface area contributed by atoms with E-state index in [1.807, 2.05) is 0 Å². The zero-order chi connectivity index (χ0) is 13.9.